The van der Waals surface area contributed by atoms with Crippen LogP contribution in [0.4, 0.5) is 5.69 Å². The molecule has 21 heavy (non-hydrogen) atoms. The molecule has 3 aromatic rings. The van der Waals surface area contributed by atoms with E-state index < -0.39 is 0 Å². The van der Waals surface area contributed by atoms with Crippen LogP contribution >= 0.6 is 11.8 Å². The van der Waals surface area contributed by atoms with Crippen molar-refractivity contribution in [2.45, 2.75) is 11.8 Å². The summed E-state index contributed by atoms with van der Waals surface area (Å²) in [7, 11) is 0. The monoisotopic (exact) mass is 291 g/mol. The Morgan fingerprint density at radius 1 is 0.952 bits per heavy atom. The molecule has 1 aliphatic heterocycles. The molecule has 2 nitrogen and oxygen atoms in total. The second kappa shape index (κ2) is 4.64. The van der Waals surface area contributed by atoms with E-state index in [4.69, 9.17) is 4.99 Å². The fourth-order valence-corrected chi connectivity index (χ4v) is 3.71. The van der Waals surface area contributed by atoms with Gasteiger partial charge in [-0.25, -0.2) is 4.99 Å². The van der Waals surface area contributed by atoms with Crippen LogP contribution in [0.3, 0.4) is 0 Å². The van der Waals surface area contributed by atoms with Gasteiger partial charge in [-0.2, -0.15) is 0 Å². The lowest BCUT2D eigenvalue weighted by molar-refractivity contribution is 0.481. The molecular weight excluding hydrogens is 278 g/mol. The Balaban J connectivity index is 1.90. The highest BCUT2D eigenvalue weighted by Gasteiger charge is 2.22. The van der Waals surface area contributed by atoms with E-state index in [9.17, 15) is 5.11 Å². The first-order valence-electron chi connectivity index (χ1n) is 6.81. The van der Waals surface area contributed by atoms with Crippen molar-refractivity contribution in [3.63, 3.8) is 0 Å². The third-order valence-corrected chi connectivity index (χ3v) is 4.75. The summed E-state index contributed by atoms with van der Waals surface area (Å²) in [5.74, 6) is 0.327. The van der Waals surface area contributed by atoms with Gasteiger partial charge in [0.05, 0.1) is 5.69 Å². The van der Waals surface area contributed by atoms with Crippen LogP contribution in [0, 0.1) is 6.92 Å². The van der Waals surface area contributed by atoms with Crippen molar-refractivity contribution in [3.8, 4) is 5.75 Å². The highest BCUT2D eigenvalue weighted by Crippen LogP contribution is 2.44. The molecule has 1 aliphatic rings. The van der Waals surface area contributed by atoms with Gasteiger partial charge in [0.25, 0.3) is 0 Å². The zero-order valence-corrected chi connectivity index (χ0v) is 12.3. The number of phenolic OH excluding ortho intramolecular Hbond substituents is 1. The molecule has 0 atom stereocenters. The lowest BCUT2D eigenvalue weighted by Gasteiger charge is -2.03. The van der Waals surface area contributed by atoms with Gasteiger partial charge in [-0.05, 0) is 37.3 Å². The molecule has 0 unspecified atom stereocenters. The number of nitrogens with zero attached hydrogens (tertiary/aromatic N) is 1. The first-order chi connectivity index (χ1) is 10.2. The van der Waals surface area contributed by atoms with E-state index in [2.05, 4.69) is 25.1 Å². The summed E-state index contributed by atoms with van der Waals surface area (Å²) in [6, 6.07) is 17.9. The van der Waals surface area contributed by atoms with E-state index >= 15 is 0 Å². The number of aromatic hydroxyl groups is 1. The van der Waals surface area contributed by atoms with Crippen molar-refractivity contribution in [1.82, 2.24) is 0 Å². The highest BCUT2D eigenvalue weighted by atomic mass is 32.2. The van der Waals surface area contributed by atoms with Gasteiger partial charge in [0.15, 0.2) is 0 Å². The number of benzene rings is 3. The van der Waals surface area contributed by atoms with Crippen molar-refractivity contribution >= 4 is 33.3 Å². The summed E-state index contributed by atoms with van der Waals surface area (Å²) in [5.41, 5.74) is 3.29. The van der Waals surface area contributed by atoms with E-state index in [1.807, 2.05) is 30.3 Å². The van der Waals surface area contributed by atoms with Gasteiger partial charge in [-0.1, -0.05) is 41.6 Å². The molecule has 3 heteroatoms. The van der Waals surface area contributed by atoms with Crippen molar-refractivity contribution in [2.75, 3.05) is 0 Å². The molecule has 0 fully saturated rings. The van der Waals surface area contributed by atoms with Crippen LogP contribution in [0.15, 0.2) is 64.5 Å². The van der Waals surface area contributed by atoms with Gasteiger partial charge in [0.1, 0.15) is 10.8 Å². The molecule has 1 N–H and O–H groups in total. The van der Waals surface area contributed by atoms with Crippen LogP contribution in [0.25, 0.3) is 10.8 Å². The third kappa shape index (κ3) is 2.01. The topological polar surface area (TPSA) is 32.6 Å². The zero-order valence-electron chi connectivity index (χ0n) is 11.5. The first kappa shape index (κ1) is 12.5. The van der Waals surface area contributed by atoms with E-state index in [1.165, 1.54) is 5.56 Å². The molecule has 0 bridgehead atoms. The maximum Gasteiger partial charge on any atom is 0.123 e. The van der Waals surface area contributed by atoms with Gasteiger partial charge >= 0.3 is 0 Å². The third-order valence-electron chi connectivity index (χ3n) is 3.68. The summed E-state index contributed by atoms with van der Waals surface area (Å²) < 4.78 is 0. The fraction of sp³-hybridized carbons (Fsp3) is 0.0556. The Morgan fingerprint density at radius 2 is 1.76 bits per heavy atom. The van der Waals surface area contributed by atoms with Gasteiger partial charge in [-0.15, -0.1) is 0 Å². The molecule has 0 saturated heterocycles. The van der Waals surface area contributed by atoms with Gasteiger partial charge in [0.2, 0.25) is 0 Å². The summed E-state index contributed by atoms with van der Waals surface area (Å²) in [6.07, 6.45) is 0. The van der Waals surface area contributed by atoms with Crippen LogP contribution in [0.5, 0.6) is 5.75 Å². The maximum atomic E-state index is 10.0. The SMILES string of the molecule is Cc1ccc(N=C2Sc3cccc4c(O)ccc2c34)cc1. The van der Waals surface area contributed by atoms with Crippen LogP contribution in [-0.2, 0) is 0 Å². The number of thioether (sulfide) groups is 1. The number of hydrogen-bond acceptors (Lipinski definition) is 3. The Kier molecular flexibility index (Phi) is 2.76. The largest absolute Gasteiger partial charge is 0.507 e. The average molecular weight is 291 g/mol. The maximum absolute atomic E-state index is 10.0. The molecule has 0 spiro atoms. The zero-order chi connectivity index (χ0) is 14.4. The fourth-order valence-electron chi connectivity index (χ4n) is 2.60. The molecule has 1 heterocycles. The van der Waals surface area contributed by atoms with Crippen LogP contribution < -0.4 is 0 Å². The highest BCUT2D eigenvalue weighted by molar-refractivity contribution is 8.15. The van der Waals surface area contributed by atoms with Gasteiger partial charge in [0, 0.05) is 21.2 Å². The van der Waals surface area contributed by atoms with Crippen LogP contribution in [0.2, 0.25) is 0 Å². The van der Waals surface area contributed by atoms with Gasteiger partial charge < -0.3 is 5.11 Å². The predicted molar refractivity (Wildman–Crippen MR) is 88.8 cm³/mol. The molecule has 0 aliphatic carbocycles. The molecular formula is C18H13NOS. The Bertz CT molecular complexity index is 882. The smallest absolute Gasteiger partial charge is 0.123 e. The summed E-state index contributed by atoms with van der Waals surface area (Å²) in [4.78, 5) is 5.92. The molecule has 0 aromatic heterocycles. The normalized spacial score (nSPS) is 15.0. The minimum atomic E-state index is 0.327. The summed E-state index contributed by atoms with van der Waals surface area (Å²) >= 11 is 1.66. The lowest BCUT2D eigenvalue weighted by Crippen LogP contribution is -1.89. The van der Waals surface area contributed by atoms with Crippen molar-refractivity contribution in [1.29, 1.82) is 0 Å². The van der Waals surface area contributed by atoms with Crippen LogP contribution in [-0.4, -0.2) is 10.2 Å². The number of hydrogen-bond donors (Lipinski definition) is 1. The molecule has 0 amide bonds. The first-order valence-corrected chi connectivity index (χ1v) is 7.62. The minimum absolute atomic E-state index is 0.327. The Morgan fingerprint density at radius 3 is 2.57 bits per heavy atom. The standard InChI is InChI=1S/C18H13NOS/c1-11-5-7-12(8-6-11)19-18-14-9-10-15(20)13-3-2-4-16(21-18)17(13)14/h2-10,20H,1H3. The van der Waals surface area contributed by atoms with E-state index in [-0.39, 0.29) is 0 Å². The number of aliphatic imine (C=N–C) groups is 1. The van der Waals surface area contributed by atoms with E-state index in [1.54, 1.807) is 17.8 Å². The summed E-state index contributed by atoms with van der Waals surface area (Å²) in [5, 5.41) is 13.0. The van der Waals surface area contributed by atoms with Gasteiger partial charge in [-0.3, -0.25) is 0 Å². The van der Waals surface area contributed by atoms with E-state index in [0.717, 1.165) is 32.0 Å². The second-order valence-electron chi connectivity index (χ2n) is 5.17. The Labute approximate surface area is 127 Å². The lowest BCUT2D eigenvalue weighted by atomic mass is 10.0. The molecule has 3 aromatic carbocycles. The number of phenols is 1. The molecule has 0 saturated carbocycles. The van der Waals surface area contributed by atoms with Crippen molar-refractivity contribution in [2.24, 2.45) is 4.99 Å². The quantitative estimate of drug-likeness (QED) is 0.681. The van der Waals surface area contributed by atoms with Crippen molar-refractivity contribution < 1.29 is 5.11 Å². The Hall–Kier alpha value is -2.26. The summed E-state index contributed by atoms with van der Waals surface area (Å²) in [6.45, 7) is 2.07. The molecule has 4 rings (SSSR count). The predicted octanol–water partition coefficient (Wildman–Crippen LogP) is 5.04. The van der Waals surface area contributed by atoms with Crippen molar-refractivity contribution in [3.05, 3.63) is 65.7 Å². The van der Waals surface area contributed by atoms with E-state index in [0.29, 0.717) is 5.75 Å². The number of aryl methyl sites for hydroxylation is 1. The number of rotatable bonds is 1. The average Bonchev–Trinajstić information content (AvgIpc) is 2.84. The molecule has 0 radical (unpaired) electrons. The minimum Gasteiger partial charge on any atom is -0.507 e. The molecule has 102 valence electrons. The van der Waals surface area contributed by atoms with Crippen LogP contribution in [0.1, 0.15) is 11.1 Å². The second-order valence-corrected chi connectivity index (χ2v) is 6.20.